The average Bonchev–Trinajstić information content (AvgIpc) is 3.11. The van der Waals surface area contributed by atoms with Crippen molar-refractivity contribution in [2.75, 3.05) is 119 Å². The maximum atomic E-state index is 12.6. The molecule has 0 aliphatic carbocycles. The molecule has 12 nitrogen and oxygen atoms in total. The number of hydrogen-bond acceptors (Lipinski definition) is 11. The third kappa shape index (κ3) is 30.5. The lowest BCUT2D eigenvalue weighted by Gasteiger charge is -2.19. The number of hydrogen-bond donors (Lipinski definition) is 2. The Kier molecular flexibility index (Phi) is 32.9. The highest BCUT2D eigenvalue weighted by molar-refractivity contribution is 5.97. The fourth-order valence-corrected chi connectivity index (χ4v) is 4.36. The highest BCUT2D eigenvalue weighted by Gasteiger charge is 2.14. The van der Waals surface area contributed by atoms with E-state index < -0.39 is 0 Å². The van der Waals surface area contributed by atoms with Gasteiger partial charge >= 0.3 is 0 Å². The highest BCUT2D eigenvalue weighted by Crippen LogP contribution is 1.99. The number of amides is 1. The normalized spacial score (nSPS) is 11.4. The molecule has 49 heavy (non-hydrogen) atoms. The molecule has 0 unspecified atom stereocenters. The van der Waals surface area contributed by atoms with E-state index in [1.807, 2.05) is 18.2 Å². The van der Waals surface area contributed by atoms with Crippen LogP contribution in [0.2, 0.25) is 0 Å². The molecule has 1 aromatic rings. The summed E-state index contributed by atoms with van der Waals surface area (Å²) in [5, 5.41) is 5.89. The van der Waals surface area contributed by atoms with Crippen molar-refractivity contribution in [1.82, 2.24) is 10.6 Å². The van der Waals surface area contributed by atoms with Gasteiger partial charge in [0.2, 0.25) is 5.91 Å². The molecule has 284 valence electrons. The van der Waals surface area contributed by atoms with Gasteiger partial charge in [-0.2, -0.15) is 0 Å². The predicted octanol–water partition coefficient (Wildman–Crippen LogP) is 4.24. The molecule has 0 radical (unpaired) electrons. The third-order valence-corrected chi connectivity index (χ3v) is 6.83. The lowest BCUT2D eigenvalue weighted by Crippen LogP contribution is -2.46. The van der Waals surface area contributed by atoms with E-state index in [0.717, 1.165) is 77.8 Å². The van der Waals surface area contributed by atoms with Crippen LogP contribution < -0.4 is 10.6 Å². The van der Waals surface area contributed by atoms with Gasteiger partial charge in [0.05, 0.1) is 32.3 Å². The molecule has 0 atom stereocenters. The largest absolute Gasteiger partial charge is 0.381 e. The number of rotatable bonds is 38. The monoisotopic (exact) mass is 698 g/mol. The van der Waals surface area contributed by atoms with E-state index in [1.54, 1.807) is 12.1 Å². The molecule has 1 aromatic carbocycles. The van der Waals surface area contributed by atoms with Gasteiger partial charge in [-0.15, -0.1) is 0 Å². The van der Waals surface area contributed by atoms with Gasteiger partial charge in [0.25, 0.3) is 0 Å². The molecule has 1 rings (SSSR count). The van der Waals surface area contributed by atoms with E-state index in [2.05, 4.69) is 24.5 Å². The molecule has 0 aliphatic heterocycles. The van der Waals surface area contributed by atoms with Crippen LogP contribution in [0.3, 0.4) is 0 Å². The van der Waals surface area contributed by atoms with Crippen molar-refractivity contribution in [3.63, 3.8) is 0 Å². The highest BCUT2D eigenvalue weighted by atomic mass is 16.5. The first kappa shape index (κ1) is 45.0. The van der Waals surface area contributed by atoms with Crippen LogP contribution in [0.25, 0.3) is 0 Å². The number of Topliss-reactive ketones (excluding diaryl/α,β-unsaturated/α-hetero) is 1. The van der Waals surface area contributed by atoms with Crippen molar-refractivity contribution in [1.29, 1.82) is 0 Å². The lowest BCUT2D eigenvalue weighted by molar-refractivity contribution is -0.122. The smallest absolute Gasteiger partial charge is 0.234 e. The molecule has 0 bridgehead atoms. The Morgan fingerprint density at radius 1 is 0.510 bits per heavy atom. The van der Waals surface area contributed by atoms with Gasteiger partial charge < -0.3 is 48.5 Å². The first-order valence-electron chi connectivity index (χ1n) is 18.4. The second-order valence-corrected chi connectivity index (χ2v) is 11.6. The molecule has 1 amide bonds. The standard InChI is InChI=1S/C37H66N2O10/c1-3-16-42-18-8-20-44-22-10-24-46-26-12-28-48-32-35(39-37(41)31-38-30-36(40)34-14-6-5-7-15-34)33-49-29-13-27-47-25-11-23-45-21-9-19-43-17-4-2/h5-7,14-15,35,38H,3-4,8-13,16-33H2,1-2H3,(H,39,41). The van der Waals surface area contributed by atoms with Crippen molar-refractivity contribution < 1.29 is 47.5 Å². The van der Waals surface area contributed by atoms with E-state index in [9.17, 15) is 9.59 Å². The van der Waals surface area contributed by atoms with Crippen molar-refractivity contribution in [3.8, 4) is 0 Å². The molecule has 0 saturated carbocycles. The van der Waals surface area contributed by atoms with Crippen LogP contribution in [0, 0.1) is 0 Å². The first-order chi connectivity index (χ1) is 24.2. The van der Waals surface area contributed by atoms with Gasteiger partial charge in [-0.05, 0) is 51.4 Å². The molecular weight excluding hydrogens is 632 g/mol. The van der Waals surface area contributed by atoms with Crippen LogP contribution in [-0.4, -0.2) is 137 Å². The quantitative estimate of drug-likeness (QED) is 0.0760. The van der Waals surface area contributed by atoms with E-state index in [0.29, 0.717) is 84.8 Å². The Bertz CT molecular complexity index is 831. The molecule has 12 heteroatoms. The summed E-state index contributed by atoms with van der Waals surface area (Å²) in [7, 11) is 0. The van der Waals surface area contributed by atoms with Crippen molar-refractivity contribution in [3.05, 3.63) is 35.9 Å². The Balaban J connectivity index is 2.18. The van der Waals surface area contributed by atoms with Gasteiger partial charge in [-0.1, -0.05) is 44.2 Å². The molecule has 0 aromatic heterocycles. The summed E-state index contributed by atoms with van der Waals surface area (Å²) in [5.74, 6) is -0.293. The Labute approximate surface area is 295 Å². The number of nitrogens with one attached hydrogen (secondary N) is 2. The van der Waals surface area contributed by atoms with E-state index >= 15 is 0 Å². The summed E-state index contributed by atoms with van der Waals surface area (Å²) in [6.07, 6.45) is 7.09. The van der Waals surface area contributed by atoms with Crippen LogP contribution in [0.4, 0.5) is 0 Å². The van der Waals surface area contributed by atoms with Gasteiger partial charge in [0.1, 0.15) is 0 Å². The van der Waals surface area contributed by atoms with Gasteiger partial charge in [0.15, 0.2) is 5.78 Å². The zero-order chi connectivity index (χ0) is 35.3. The number of ether oxygens (including phenoxy) is 8. The molecule has 0 spiro atoms. The summed E-state index contributed by atoms with van der Waals surface area (Å²) in [4.78, 5) is 24.9. The van der Waals surface area contributed by atoms with Crippen molar-refractivity contribution in [2.24, 2.45) is 0 Å². The van der Waals surface area contributed by atoms with Crippen LogP contribution in [0.5, 0.6) is 0 Å². The molecule has 2 N–H and O–H groups in total. The Morgan fingerprint density at radius 2 is 0.878 bits per heavy atom. The minimum atomic E-state index is -0.324. The number of carbonyl (C=O) groups is 2. The topological polar surface area (TPSA) is 132 Å². The molecule has 0 heterocycles. The lowest BCUT2D eigenvalue weighted by atomic mass is 10.1. The average molecular weight is 699 g/mol. The van der Waals surface area contributed by atoms with E-state index in [1.165, 1.54) is 0 Å². The maximum absolute atomic E-state index is 12.6. The summed E-state index contributed by atoms with van der Waals surface area (Å²) in [6, 6.07) is 8.68. The van der Waals surface area contributed by atoms with Crippen LogP contribution >= 0.6 is 0 Å². The second kappa shape index (κ2) is 35.8. The Hall–Kier alpha value is -2.00. The maximum Gasteiger partial charge on any atom is 0.234 e. The second-order valence-electron chi connectivity index (χ2n) is 11.6. The van der Waals surface area contributed by atoms with Crippen molar-refractivity contribution in [2.45, 2.75) is 71.3 Å². The van der Waals surface area contributed by atoms with Crippen molar-refractivity contribution >= 4 is 11.7 Å². The number of ketones is 1. The van der Waals surface area contributed by atoms with Gasteiger partial charge in [0, 0.05) is 98.1 Å². The first-order valence-corrected chi connectivity index (χ1v) is 18.4. The van der Waals surface area contributed by atoms with Crippen LogP contribution in [0.1, 0.15) is 75.6 Å². The number of carbonyl (C=O) groups excluding carboxylic acids is 2. The van der Waals surface area contributed by atoms with Gasteiger partial charge in [-0.25, -0.2) is 0 Å². The zero-order valence-electron chi connectivity index (χ0n) is 30.4. The minimum absolute atomic E-state index is 0.0173. The van der Waals surface area contributed by atoms with Gasteiger partial charge in [-0.3, -0.25) is 9.59 Å². The summed E-state index contributed by atoms with van der Waals surface area (Å²) in [5.41, 5.74) is 0.608. The summed E-state index contributed by atoms with van der Waals surface area (Å²) >= 11 is 0. The predicted molar refractivity (Wildman–Crippen MR) is 190 cm³/mol. The van der Waals surface area contributed by atoms with Crippen LogP contribution in [0.15, 0.2) is 30.3 Å². The minimum Gasteiger partial charge on any atom is -0.381 e. The Morgan fingerprint density at radius 3 is 1.27 bits per heavy atom. The third-order valence-electron chi connectivity index (χ3n) is 6.83. The zero-order valence-corrected chi connectivity index (χ0v) is 30.4. The van der Waals surface area contributed by atoms with Crippen LogP contribution in [-0.2, 0) is 42.7 Å². The SMILES string of the molecule is CCCOCCCOCCCOCCCOCC(COCCCOCCCOCCCOCCC)NC(=O)CNCC(=O)c1ccccc1. The molecule has 0 saturated heterocycles. The molecule has 0 fully saturated rings. The fourth-order valence-electron chi connectivity index (χ4n) is 4.36. The molecular formula is C37H66N2O10. The molecule has 0 aliphatic rings. The number of benzene rings is 1. The summed E-state index contributed by atoms with van der Waals surface area (Å²) < 4.78 is 45.1. The van der Waals surface area contributed by atoms with E-state index in [-0.39, 0.29) is 30.8 Å². The fraction of sp³-hybridized carbons (Fsp3) is 0.784. The van der Waals surface area contributed by atoms with E-state index in [4.69, 9.17) is 37.9 Å². The summed E-state index contributed by atoms with van der Waals surface area (Å²) in [6.45, 7) is 14.3.